The fourth-order valence-electron chi connectivity index (χ4n) is 2.84. The van der Waals surface area contributed by atoms with E-state index >= 15 is 0 Å². The molecule has 2 aromatic rings. The number of halogens is 2. The highest BCUT2D eigenvalue weighted by Crippen LogP contribution is 2.22. The van der Waals surface area contributed by atoms with Gasteiger partial charge in [0, 0.05) is 24.6 Å². The van der Waals surface area contributed by atoms with Crippen LogP contribution in [0.2, 0.25) is 5.02 Å². The molecule has 1 aliphatic heterocycles. The SMILES string of the molecule is CCOC(=O)N1CCc2nn(CC(=O)Nc3ccc(F)cc3Cl)c(=O)cc2C1. The predicted octanol–water partition coefficient (Wildman–Crippen LogP) is 2.19. The highest BCUT2D eigenvalue weighted by molar-refractivity contribution is 6.33. The monoisotopic (exact) mass is 408 g/mol. The molecule has 1 N–H and O–H groups in total. The first kappa shape index (κ1) is 19.8. The first-order chi connectivity index (χ1) is 13.4. The topological polar surface area (TPSA) is 93.5 Å². The lowest BCUT2D eigenvalue weighted by molar-refractivity contribution is -0.117. The number of carbonyl (C=O) groups excluding carboxylic acids is 2. The average Bonchev–Trinajstić information content (AvgIpc) is 2.64. The third-order valence-corrected chi connectivity index (χ3v) is 4.48. The Kier molecular flexibility index (Phi) is 5.93. The van der Waals surface area contributed by atoms with Crippen molar-refractivity contribution in [3.63, 3.8) is 0 Å². The van der Waals surface area contributed by atoms with Gasteiger partial charge in [-0.15, -0.1) is 0 Å². The van der Waals surface area contributed by atoms with Crippen molar-refractivity contribution >= 4 is 29.3 Å². The molecule has 10 heteroatoms. The van der Waals surface area contributed by atoms with Gasteiger partial charge in [0.25, 0.3) is 5.56 Å². The molecule has 2 amide bonds. The summed E-state index contributed by atoms with van der Waals surface area (Å²) in [5.74, 6) is -1.04. The molecule has 1 aliphatic rings. The van der Waals surface area contributed by atoms with E-state index in [1.54, 1.807) is 6.92 Å². The summed E-state index contributed by atoms with van der Waals surface area (Å²) < 4.78 is 19.1. The molecule has 148 valence electrons. The van der Waals surface area contributed by atoms with Crippen LogP contribution in [-0.2, 0) is 29.0 Å². The van der Waals surface area contributed by atoms with Crippen LogP contribution < -0.4 is 10.9 Å². The van der Waals surface area contributed by atoms with Crippen LogP contribution in [0, 0.1) is 5.82 Å². The Bertz CT molecular complexity index is 979. The van der Waals surface area contributed by atoms with E-state index in [1.807, 2.05) is 0 Å². The quantitative estimate of drug-likeness (QED) is 0.837. The molecule has 0 bridgehead atoms. The van der Waals surface area contributed by atoms with Crippen LogP contribution in [0.1, 0.15) is 18.2 Å². The van der Waals surface area contributed by atoms with Gasteiger partial charge in [0.05, 0.1) is 29.6 Å². The van der Waals surface area contributed by atoms with Crippen molar-refractivity contribution in [2.24, 2.45) is 0 Å². The van der Waals surface area contributed by atoms with Crippen molar-refractivity contribution in [3.05, 3.63) is 56.7 Å². The summed E-state index contributed by atoms with van der Waals surface area (Å²) in [7, 11) is 0. The van der Waals surface area contributed by atoms with Gasteiger partial charge in [-0.05, 0) is 25.1 Å². The molecule has 0 unspecified atom stereocenters. The van der Waals surface area contributed by atoms with Crippen LogP contribution in [0.4, 0.5) is 14.9 Å². The normalized spacial score (nSPS) is 13.0. The Hall–Kier alpha value is -2.94. The van der Waals surface area contributed by atoms with E-state index in [9.17, 15) is 18.8 Å². The maximum absolute atomic E-state index is 13.1. The standard InChI is InChI=1S/C18H18ClFN4O4/c1-2-28-18(27)23-6-5-14-11(9-23)7-17(26)24(22-14)10-16(25)21-15-4-3-12(20)8-13(15)19/h3-4,7-8H,2,5-6,9-10H2,1H3,(H,21,25). The molecule has 2 heterocycles. The lowest BCUT2D eigenvalue weighted by atomic mass is 10.1. The lowest BCUT2D eigenvalue weighted by Crippen LogP contribution is -2.39. The second-order valence-corrected chi connectivity index (χ2v) is 6.56. The number of hydrogen-bond acceptors (Lipinski definition) is 5. The maximum Gasteiger partial charge on any atom is 0.410 e. The van der Waals surface area contributed by atoms with Crippen LogP contribution in [0.15, 0.2) is 29.1 Å². The second kappa shape index (κ2) is 8.39. The molecule has 0 spiro atoms. The zero-order valence-corrected chi connectivity index (χ0v) is 15.8. The van der Waals surface area contributed by atoms with Gasteiger partial charge in [-0.3, -0.25) is 9.59 Å². The minimum absolute atomic E-state index is 0.0538. The van der Waals surface area contributed by atoms with E-state index in [-0.39, 0.29) is 30.4 Å². The van der Waals surface area contributed by atoms with Gasteiger partial charge in [0.1, 0.15) is 12.4 Å². The van der Waals surface area contributed by atoms with Gasteiger partial charge in [-0.25, -0.2) is 13.9 Å². The number of nitrogens with zero attached hydrogens (tertiary/aromatic N) is 3. The molecule has 1 aromatic carbocycles. The summed E-state index contributed by atoms with van der Waals surface area (Å²) in [5.41, 5.74) is 1.05. The van der Waals surface area contributed by atoms with Gasteiger partial charge < -0.3 is 15.0 Å². The number of anilines is 1. The largest absolute Gasteiger partial charge is 0.450 e. The fraction of sp³-hybridized carbons (Fsp3) is 0.333. The van der Waals surface area contributed by atoms with E-state index < -0.39 is 23.4 Å². The Morgan fingerprint density at radius 3 is 2.86 bits per heavy atom. The van der Waals surface area contributed by atoms with Gasteiger partial charge in [-0.1, -0.05) is 11.6 Å². The number of carbonyl (C=O) groups is 2. The number of ether oxygens (including phenoxy) is 1. The van der Waals surface area contributed by atoms with E-state index in [0.717, 1.165) is 10.7 Å². The number of rotatable bonds is 4. The number of hydrogen-bond donors (Lipinski definition) is 1. The molecule has 0 radical (unpaired) electrons. The van der Waals surface area contributed by atoms with Gasteiger partial charge in [0.2, 0.25) is 5.91 Å². The van der Waals surface area contributed by atoms with Gasteiger partial charge >= 0.3 is 6.09 Å². The molecule has 0 atom stereocenters. The van der Waals surface area contributed by atoms with Crippen LogP contribution in [0.5, 0.6) is 0 Å². The first-order valence-electron chi connectivity index (χ1n) is 8.64. The lowest BCUT2D eigenvalue weighted by Gasteiger charge is -2.27. The smallest absolute Gasteiger partial charge is 0.410 e. The Morgan fingerprint density at radius 2 is 2.14 bits per heavy atom. The minimum atomic E-state index is -0.521. The maximum atomic E-state index is 13.1. The molecule has 1 aromatic heterocycles. The molecule has 3 rings (SSSR count). The van der Waals surface area contributed by atoms with Crippen LogP contribution >= 0.6 is 11.6 Å². The predicted molar refractivity (Wildman–Crippen MR) is 99.7 cm³/mol. The summed E-state index contributed by atoms with van der Waals surface area (Å²) in [6.45, 7) is 2.32. The van der Waals surface area contributed by atoms with Crippen LogP contribution in [0.3, 0.4) is 0 Å². The van der Waals surface area contributed by atoms with Crippen molar-refractivity contribution in [3.8, 4) is 0 Å². The molecule has 0 aliphatic carbocycles. The zero-order valence-electron chi connectivity index (χ0n) is 15.1. The minimum Gasteiger partial charge on any atom is -0.450 e. The van der Waals surface area contributed by atoms with Gasteiger partial charge in [-0.2, -0.15) is 5.10 Å². The summed E-state index contributed by atoms with van der Waals surface area (Å²) in [6.07, 6.45) is 0.00714. The van der Waals surface area contributed by atoms with Crippen molar-refractivity contribution < 1.29 is 18.7 Å². The molecule has 8 nitrogen and oxygen atoms in total. The molecule has 0 saturated carbocycles. The van der Waals surface area contributed by atoms with E-state index in [2.05, 4.69) is 10.4 Å². The average molecular weight is 409 g/mol. The molecule has 28 heavy (non-hydrogen) atoms. The Balaban J connectivity index is 1.71. The van der Waals surface area contributed by atoms with Crippen molar-refractivity contribution in [2.75, 3.05) is 18.5 Å². The summed E-state index contributed by atoms with van der Waals surface area (Å²) in [4.78, 5) is 37.9. The third kappa shape index (κ3) is 4.48. The fourth-order valence-corrected chi connectivity index (χ4v) is 3.05. The molecular formula is C18H18ClFN4O4. The zero-order chi connectivity index (χ0) is 20.3. The molecule has 0 fully saturated rings. The van der Waals surface area contributed by atoms with E-state index in [4.69, 9.17) is 16.3 Å². The summed E-state index contributed by atoms with van der Waals surface area (Å²) in [6, 6.07) is 4.95. The van der Waals surface area contributed by atoms with Crippen molar-refractivity contribution in [1.29, 1.82) is 0 Å². The highest BCUT2D eigenvalue weighted by atomic mass is 35.5. The Morgan fingerprint density at radius 1 is 1.36 bits per heavy atom. The van der Waals surface area contributed by atoms with Crippen LogP contribution in [0.25, 0.3) is 0 Å². The van der Waals surface area contributed by atoms with E-state index in [0.29, 0.717) is 24.2 Å². The molecule has 0 saturated heterocycles. The number of benzene rings is 1. The van der Waals surface area contributed by atoms with E-state index in [1.165, 1.54) is 23.1 Å². The summed E-state index contributed by atoms with van der Waals surface area (Å²) in [5, 5.41) is 6.82. The third-order valence-electron chi connectivity index (χ3n) is 4.17. The van der Waals surface area contributed by atoms with Gasteiger partial charge in [0.15, 0.2) is 0 Å². The summed E-state index contributed by atoms with van der Waals surface area (Å²) >= 11 is 5.88. The second-order valence-electron chi connectivity index (χ2n) is 6.15. The number of nitrogens with one attached hydrogen (secondary N) is 1. The van der Waals surface area contributed by atoms with Crippen molar-refractivity contribution in [1.82, 2.24) is 14.7 Å². The Labute approximate surface area is 164 Å². The molecular weight excluding hydrogens is 391 g/mol. The van der Waals surface area contributed by atoms with Crippen molar-refractivity contribution in [2.45, 2.75) is 26.4 Å². The number of amides is 2. The highest BCUT2D eigenvalue weighted by Gasteiger charge is 2.24. The number of aromatic nitrogens is 2. The number of fused-ring (bicyclic) bond motifs is 1. The van der Waals surface area contributed by atoms with Crippen LogP contribution in [-0.4, -0.2) is 39.8 Å². The first-order valence-corrected chi connectivity index (χ1v) is 9.01.